The van der Waals surface area contributed by atoms with Crippen LogP contribution >= 0.6 is 11.8 Å². The SMILES string of the molecule is CC(=O)NC(CSC(=O)CCC/C=C\C[C@@H]1[C@@H](CC[C@@H](O)COc2cccc(C(F)(F)F)c2)[C@H](O)C[C@@H]1O)C(=O)OCCCCO[N+](=O)[O-]. The average molecular weight is 723 g/mol. The molecule has 1 saturated carbocycles. The van der Waals surface area contributed by atoms with E-state index in [1.165, 1.54) is 19.1 Å². The Bertz CT molecular complexity index is 1240. The molecular formula is C32H45F3N2O11S. The number of esters is 1. The average Bonchev–Trinajstić information content (AvgIpc) is 3.30. The minimum atomic E-state index is -4.51. The standard InChI is InChI=1S/C32H45F3N2O11S/c1-21(38)36-27(31(43)46-15-6-7-16-48-37(44)45)20-49-30(42)12-5-3-2-4-11-25-26(29(41)18-28(25)40)14-13-23(39)19-47-24-10-8-9-22(17-24)32(33,34)35/h2,4,8-10,17,23,25-29,39-41H,3,5-7,11-16,18-20H2,1H3,(H,36,38)/b4-2-/t23-,25-,26-,27?,28+,29-/m1/s1. The van der Waals surface area contributed by atoms with Crippen LogP contribution in [0.1, 0.15) is 70.3 Å². The van der Waals surface area contributed by atoms with Crippen LogP contribution in [0.25, 0.3) is 0 Å². The Labute approximate surface area is 286 Å². The highest BCUT2D eigenvalue weighted by Crippen LogP contribution is 2.38. The van der Waals surface area contributed by atoms with Gasteiger partial charge in [-0.1, -0.05) is 30.0 Å². The van der Waals surface area contributed by atoms with Gasteiger partial charge in [0, 0.05) is 19.1 Å². The Morgan fingerprint density at radius 1 is 1.12 bits per heavy atom. The predicted octanol–water partition coefficient (Wildman–Crippen LogP) is 4.00. The Morgan fingerprint density at radius 3 is 2.53 bits per heavy atom. The maximum Gasteiger partial charge on any atom is 0.416 e. The summed E-state index contributed by atoms with van der Waals surface area (Å²) < 4.78 is 49.2. The van der Waals surface area contributed by atoms with Crippen LogP contribution in [0, 0.1) is 22.0 Å². The van der Waals surface area contributed by atoms with Gasteiger partial charge in [-0.05, 0) is 81.4 Å². The van der Waals surface area contributed by atoms with E-state index in [2.05, 4.69) is 10.2 Å². The van der Waals surface area contributed by atoms with E-state index in [0.717, 1.165) is 23.9 Å². The van der Waals surface area contributed by atoms with Crippen LogP contribution in [-0.4, -0.2) is 87.3 Å². The van der Waals surface area contributed by atoms with Gasteiger partial charge in [0.1, 0.15) is 18.4 Å². The van der Waals surface area contributed by atoms with Crippen molar-refractivity contribution in [1.29, 1.82) is 0 Å². The van der Waals surface area contributed by atoms with Crippen molar-refractivity contribution in [2.45, 2.75) is 95.2 Å². The van der Waals surface area contributed by atoms with Crippen LogP contribution < -0.4 is 10.1 Å². The molecule has 0 aliphatic heterocycles. The third kappa shape index (κ3) is 16.7. The van der Waals surface area contributed by atoms with E-state index >= 15 is 0 Å². The van der Waals surface area contributed by atoms with E-state index < -0.39 is 53.1 Å². The first-order valence-corrected chi connectivity index (χ1v) is 17.0. The second-order valence-corrected chi connectivity index (χ2v) is 12.8. The summed E-state index contributed by atoms with van der Waals surface area (Å²) in [5, 5.41) is 42.9. The number of aliphatic hydroxyl groups excluding tert-OH is 3. The van der Waals surface area contributed by atoms with Gasteiger partial charge in [0.05, 0.1) is 37.1 Å². The first kappa shape index (κ1) is 41.8. The quantitative estimate of drug-likeness (QED) is 0.0443. The van der Waals surface area contributed by atoms with Crippen LogP contribution in [-0.2, 0) is 30.1 Å². The second kappa shape index (κ2) is 21.6. The molecule has 13 nitrogen and oxygen atoms in total. The number of allylic oxidation sites excluding steroid dienone is 2. The van der Waals surface area contributed by atoms with E-state index in [-0.39, 0.29) is 67.5 Å². The molecule has 1 aromatic rings. The first-order valence-electron chi connectivity index (χ1n) is 16.0. The van der Waals surface area contributed by atoms with Gasteiger partial charge >= 0.3 is 12.1 Å². The zero-order valence-corrected chi connectivity index (χ0v) is 28.0. The van der Waals surface area contributed by atoms with Gasteiger partial charge in [-0.25, -0.2) is 4.79 Å². The van der Waals surface area contributed by atoms with Crippen molar-refractivity contribution in [2.75, 3.05) is 25.6 Å². The molecule has 4 N–H and O–H groups in total. The summed E-state index contributed by atoms with van der Waals surface area (Å²) in [6.45, 7) is 0.847. The highest BCUT2D eigenvalue weighted by Gasteiger charge is 2.40. The van der Waals surface area contributed by atoms with Gasteiger partial charge in [-0.2, -0.15) is 13.2 Å². The lowest BCUT2D eigenvalue weighted by Crippen LogP contribution is -2.43. The fourth-order valence-electron chi connectivity index (χ4n) is 5.34. The highest BCUT2D eigenvalue weighted by molar-refractivity contribution is 8.13. The van der Waals surface area contributed by atoms with Crippen LogP contribution in [0.5, 0.6) is 5.75 Å². The number of carbonyl (C=O) groups excluding carboxylic acids is 3. The van der Waals surface area contributed by atoms with Gasteiger partial charge in [0.15, 0.2) is 5.12 Å². The number of carbonyl (C=O) groups is 3. The summed E-state index contributed by atoms with van der Waals surface area (Å²) in [7, 11) is 0. The number of thioether (sulfide) groups is 1. The van der Waals surface area contributed by atoms with Crippen molar-refractivity contribution >= 4 is 28.8 Å². The lowest BCUT2D eigenvalue weighted by atomic mass is 9.86. The molecular weight excluding hydrogens is 677 g/mol. The molecule has 1 unspecified atom stereocenters. The molecule has 276 valence electrons. The number of alkyl halides is 3. The summed E-state index contributed by atoms with van der Waals surface area (Å²) >= 11 is 0.893. The number of hydrogen-bond donors (Lipinski definition) is 4. The molecule has 0 bridgehead atoms. The van der Waals surface area contributed by atoms with Crippen molar-refractivity contribution in [1.82, 2.24) is 5.32 Å². The van der Waals surface area contributed by atoms with E-state index in [9.17, 15) is 53.0 Å². The molecule has 17 heteroatoms. The maximum absolute atomic E-state index is 12.9. The van der Waals surface area contributed by atoms with Gasteiger partial charge in [0.25, 0.3) is 5.09 Å². The predicted molar refractivity (Wildman–Crippen MR) is 172 cm³/mol. The number of ether oxygens (including phenoxy) is 2. The summed E-state index contributed by atoms with van der Waals surface area (Å²) in [6, 6.07) is 3.34. The Hall–Kier alpha value is -3.41. The van der Waals surface area contributed by atoms with E-state index in [0.29, 0.717) is 38.5 Å². The molecule has 0 heterocycles. The Kier molecular flexibility index (Phi) is 18.4. The summed E-state index contributed by atoms with van der Waals surface area (Å²) in [4.78, 5) is 50.5. The van der Waals surface area contributed by atoms with Crippen molar-refractivity contribution in [3.05, 3.63) is 52.1 Å². The summed E-state index contributed by atoms with van der Waals surface area (Å²) in [6.07, 6.45) is -0.119. The number of unbranched alkanes of at least 4 members (excludes halogenated alkanes) is 2. The monoisotopic (exact) mass is 722 g/mol. The number of aliphatic hydroxyl groups is 3. The third-order valence-corrected chi connectivity index (χ3v) is 8.86. The largest absolute Gasteiger partial charge is 0.491 e. The van der Waals surface area contributed by atoms with Gasteiger partial charge < -0.3 is 34.9 Å². The fourth-order valence-corrected chi connectivity index (χ4v) is 6.20. The third-order valence-electron chi connectivity index (χ3n) is 7.84. The number of benzene rings is 1. The molecule has 0 spiro atoms. The molecule has 49 heavy (non-hydrogen) atoms. The molecule has 0 saturated heterocycles. The topological polar surface area (TPSA) is 195 Å². The Morgan fingerprint density at radius 2 is 1.84 bits per heavy atom. The maximum atomic E-state index is 12.9. The molecule has 2 rings (SSSR count). The van der Waals surface area contributed by atoms with Crippen molar-refractivity contribution < 1.29 is 62.3 Å². The van der Waals surface area contributed by atoms with Crippen LogP contribution in [0.2, 0.25) is 0 Å². The van der Waals surface area contributed by atoms with Crippen LogP contribution in [0.3, 0.4) is 0 Å². The molecule has 1 aliphatic carbocycles. The smallest absolute Gasteiger partial charge is 0.416 e. The second-order valence-electron chi connectivity index (χ2n) is 11.7. The molecule has 1 amide bonds. The van der Waals surface area contributed by atoms with Gasteiger partial charge in [0.2, 0.25) is 5.91 Å². The first-order chi connectivity index (χ1) is 23.2. The van der Waals surface area contributed by atoms with Crippen molar-refractivity contribution in [3.63, 3.8) is 0 Å². The van der Waals surface area contributed by atoms with E-state index in [1.807, 2.05) is 12.2 Å². The van der Waals surface area contributed by atoms with Gasteiger partial charge in [-0.3, -0.25) is 9.59 Å². The zero-order chi connectivity index (χ0) is 36.4. The number of amides is 1. The van der Waals surface area contributed by atoms with E-state index in [1.54, 1.807) is 0 Å². The van der Waals surface area contributed by atoms with Gasteiger partial charge in [-0.15, -0.1) is 10.1 Å². The molecule has 6 atom stereocenters. The van der Waals surface area contributed by atoms with Crippen LogP contribution in [0.15, 0.2) is 36.4 Å². The van der Waals surface area contributed by atoms with Crippen LogP contribution in [0.4, 0.5) is 13.2 Å². The lowest BCUT2D eigenvalue weighted by Gasteiger charge is -2.23. The minimum absolute atomic E-state index is 0.0170. The fraction of sp³-hybridized carbons (Fsp3) is 0.656. The minimum Gasteiger partial charge on any atom is -0.491 e. The zero-order valence-electron chi connectivity index (χ0n) is 27.2. The van der Waals surface area contributed by atoms with Crippen molar-refractivity contribution in [3.8, 4) is 5.75 Å². The molecule has 1 aliphatic rings. The molecule has 1 fully saturated rings. The number of rotatable bonds is 22. The number of hydrogen-bond acceptors (Lipinski definition) is 12. The van der Waals surface area contributed by atoms with E-state index in [4.69, 9.17) is 9.47 Å². The molecule has 0 aromatic heterocycles. The summed E-state index contributed by atoms with van der Waals surface area (Å²) in [5.41, 5.74) is -0.855. The van der Waals surface area contributed by atoms with Crippen molar-refractivity contribution in [2.24, 2.45) is 11.8 Å². The Balaban J connectivity index is 1.70. The highest BCUT2D eigenvalue weighted by atomic mass is 32.2. The summed E-state index contributed by atoms with van der Waals surface area (Å²) in [5.74, 6) is -1.79. The number of nitrogens with one attached hydrogen (secondary N) is 1. The molecule has 0 radical (unpaired) electrons. The number of nitrogens with zero attached hydrogens (tertiary/aromatic N) is 1. The normalized spacial score (nSPS) is 20.5. The number of halogens is 3. The lowest BCUT2D eigenvalue weighted by molar-refractivity contribution is -0.757. The molecule has 1 aromatic carbocycles.